The topological polar surface area (TPSA) is 32.3 Å². The number of benzene rings is 2. The summed E-state index contributed by atoms with van der Waals surface area (Å²) in [7, 11) is 0. The predicted molar refractivity (Wildman–Crippen MR) is 105 cm³/mol. The van der Waals surface area contributed by atoms with E-state index in [2.05, 4.69) is 71.3 Å². The normalized spacial score (nSPS) is 15.7. The average Bonchev–Trinajstić information content (AvgIpc) is 3.11. The Bertz CT molecular complexity index is 966. The van der Waals surface area contributed by atoms with Crippen molar-refractivity contribution in [1.29, 1.82) is 0 Å². The Morgan fingerprint density at radius 3 is 2.42 bits per heavy atom. The van der Waals surface area contributed by atoms with Crippen molar-refractivity contribution in [2.45, 2.75) is 26.3 Å². The Morgan fingerprint density at radius 1 is 0.808 bits per heavy atom. The van der Waals surface area contributed by atoms with Crippen LogP contribution >= 0.6 is 0 Å². The quantitative estimate of drug-likeness (QED) is 0.703. The molecule has 26 heavy (non-hydrogen) atoms. The van der Waals surface area contributed by atoms with E-state index in [4.69, 9.17) is 9.97 Å². The molecule has 2 aliphatic heterocycles. The molecule has 0 radical (unpaired) electrons. The number of rotatable bonds is 2. The molecule has 130 valence electrons. The molecule has 3 heterocycles. The van der Waals surface area contributed by atoms with Crippen LogP contribution in [0, 0.1) is 6.92 Å². The van der Waals surface area contributed by atoms with E-state index in [1.165, 1.54) is 22.4 Å². The summed E-state index contributed by atoms with van der Waals surface area (Å²) in [5, 5.41) is 0. The molecule has 0 saturated heterocycles. The summed E-state index contributed by atoms with van der Waals surface area (Å²) in [5.41, 5.74) is 6.51. The summed E-state index contributed by atoms with van der Waals surface area (Å²) in [5.74, 6) is 1.86. The summed E-state index contributed by atoms with van der Waals surface area (Å²) >= 11 is 0. The Hall–Kier alpha value is -2.88. The second kappa shape index (κ2) is 6.13. The number of nitrogens with zero attached hydrogens (tertiary/aromatic N) is 4. The van der Waals surface area contributed by atoms with Gasteiger partial charge in [0.25, 0.3) is 0 Å². The molecule has 0 unspecified atom stereocenters. The second-order valence-electron chi connectivity index (χ2n) is 7.14. The molecule has 2 aromatic carbocycles. The molecular weight excluding hydrogens is 320 g/mol. The third kappa shape index (κ3) is 2.62. The van der Waals surface area contributed by atoms with E-state index < -0.39 is 0 Å². The van der Waals surface area contributed by atoms with Gasteiger partial charge in [0.1, 0.15) is 5.82 Å². The number of para-hydroxylation sites is 1. The zero-order valence-electron chi connectivity index (χ0n) is 15.0. The summed E-state index contributed by atoms with van der Waals surface area (Å²) in [6.07, 6.45) is 2.13. The molecule has 0 N–H and O–H groups in total. The summed E-state index contributed by atoms with van der Waals surface area (Å²) in [6, 6.07) is 19.4. The van der Waals surface area contributed by atoms with Crippen molar-refractivity contribution in [3.8, 4) is 0 Å². The maximum absolute atomic E-state index is 4.95. The Balaban J connectivity index is 1.49. The first-order chi connectivity index (χ1) is 12.8. The minimum Gasteiger partial charge on any atom is -0.352 e. The highest BCUT2D eigenvalue weighted by Crippen LogP contribution is 2.33. The van der Waals surface area contributed by atoms with Crippen LogP contribution < -0.4 is 9.80 Å². The van der Waals surface area contributed by atoms with Gasteiger partial charge >= 0.3 is 0 Å². The average molecular weight is 342 g/mol. The highest BCUT2D eigenvalue weighted by atomic mass is 15.3. The van der Waals surface area contributed by atoms with Gasteiger partial charge in [0.15, 0.2) is 0 Å². The lowest BCUT2D eigenvalue weighted by molar-refractivity contribution is 0.717. The molecule has 0 bridgehead atoms. The van der Waals surface area contributed by atoms with Gasteiger partial charge in [-0.25, -0.2) is 4.98 Å². The van der Waals surface area contributed by atoms with E-state index in [9.17, 15) is 0 Å². The van der Waals surface area contributed by atoms with Gasteiger partial charge in [-0.15, -0.1) is 0 Å². The first kappa shape index (κ1) is 15.4. The first-order valence-electron chi connectivity index (χ1n) is 9.31. The molecular formula is C22H22N4. The van der Waals surface area contributed by atoms with Crippen molar-refractivity contribution in [2.75, 3.05) is 22.9 Å². The van der Waals surface area contributed by atoms with Crippen LogP contribution in [0.4, 0.5) is 17.5 Å². The van der Waals surface area contributed by atoms with E-state index in [0.717, 1.165) is 49.9 Å². The van der Waals surface area contributed by atoms with Crippen LogP contribution in [0.3, 0.4) is 0 Å². The van der Waals surface area contributed by atoms with Crippen molar-refractivity contribution in [3.05, 3.63) is 77.0 Å². The molecule has 0 saturated carbocycles. The fourth-order valence-corrected chi connectivity index (χ4v) is 4.06. The molecule has 1 aromatic heterocycles. The predicted octanol–water partition coefficient (Wildman–Crippen LogP) is 4.04. The molecule has 0 spiro atoms. The number of aromatic nitrogens is 2. The van der Waals surface area contributed by atoms with Crippen LogP contribution in [-0.4, -0.2) is 23.1 Å². The summed E-state index contributed by atoms with van der Waals surface area (Å²) < 4.78 is 0. The number of aryl methyl sites for hydroxylation is 1. The molecule has 0 atom stereocenters. The molecule has 0 aliphatic carbocycles. The Kier molecular flexibility index (Phi) is 3.63. The second-order valence-corrected chi connectivity index (χ2v) is 7.14. The van der Waals surface area contributed by atoms with Crippen molar-refractivity contribution in [3.63, 3.8) is 0 Å². The van der Waals surface area contributed by atoms with Gasteiger partial charge in [0.2, 0.25) is 5.95 Å². The number of anilines is 3. The van der Waals surface area contributed by atoms with Crippen molar-refractivity contribution < 1.29 is 0 Å². The molecule has 3 aromatic rings. The van der Waals surface area contributed by atoms with Gasteiger partial charge in [-0.1, -0.05) is 42.5 Å². The van der Waals surface area contributed by atoms with Gasteiger partial charge in [0.05, 0.1) is 0 Å². The standard InChI is InChI=1S/C22H22N4/c1-16-14-21(25-12-10-17-6-2-3-8-19(17)15-25)24-22(23-16)26-13-11-18-7-4-5-9-20(18)26/h2-9,14H,10-13,15H2,1H3. The van der Waals surface area contributed by atoms with E-state index in [1.54, 1.807) is 0 Å². The number of fused-ring (bicyclic) bond motifs is 2. The molecule has 2 aliphatic rings. The van der Waals surface area contributed by atoms with Crippen molar-refractivity contribution in [1.82, 2.24) is 9.97 Å². The zero-order chi connectivity index (χ0) is 17.5. The Morgan fingerprint density at radius 2 is 1.54 bits per heavy atom. The first-order valence-corrected chi connectivity index (χ1v) is 9.31. The number of hydrogen-bond acceptors (Lipinski definition) is 4. The third-order valence-electron chi connectivity index (χ3n) is 5.41. The van der Waals surface area contributed by atoms with Gasteiger partial charge < -0.3 is 9.80 Å². The minimum atomic E-state index is 0.823. The molecule has 4 nitrogen and oxygen atoms in total. The maximum atomic E-state index is 4.95. The van der Waals surface area contributed by atoms with Crippen molar-refractivity contribution >= 4 is 17.5 Å². The van der Waals surface area contributed by atoms with Gasteiger partial charge in [0, 0.05) is 37.1 Å². The maximum Gasteiger partial charge on any atom is 0.232 e. The monoisotopic (exact) mass is 342 g/mol. The smallest absolute Gasteiger partial charge is 0.232 e. The highest BCUT2D eigenvalue weighted by molar-refractivity contribution is 5.66. The van der Waals surface area contributed by atoms with E-state index in [1.807, 2.05) is 0 Å². The minimum absolute atomic E-state index is 0.823. The zero-order valence-corrected chi connectivity index (χ0v) is 15.0. The van der Waals surface area contributed by atoms with Crippen LogP contribution in [0.25, 0.3) is 0 Å². The lowest BCUT2D eigenvalue weighted by Crippen LogP contribution is -2.31. The van der Waals surface area contributed by atoms with Crippen LogP contribution in [0.5, 0.6) is 0 Å². The third-order valence-corrected chi connectivity index (χ3v) is 5.41. The van der Waals surface area contributed by atoms with Crippen molar-refractivity contribution in [2.24, 2.45) is 0 Å². The largest absolute Gasteiger partial charge is 0.352 e. The summed E-state index contributed by atoms with van der Waals surface area (Å²) in [4.78, 5) is 14.3. The van der Waals surface area contributed by atoms with Crippen LogP contribution in [0.2, 0.25) is 0 Å². The molecule has 0 fully saturated rings. The fourth-order valence-electron chi connectivity index (χ4n) is 4.06. The SMILES string of the molecule is Cc1cc(N2CCc3ccccc3C2)nc(N2CCc3ccccc32)n1. The lowest BCUT2D eigenvalue weighted by Gasteiger charge is -2.30. The van der Waals surface area contributed by atoms with Gasteiger partial charge in [-0.2, -0.15) is 4.98 Å². The summed E-state index contributed by atoms with van der Waals surface area (Å²) in [6.45, 7) is 4.94. The number of hydrogen-bond donors (Lipinski definition) is 0. The van der Waals surface area contributed by atoms with Crippen LogP contribution in [0.15, 0.2) is 54.6 Å². The van der Waals surface area contributed by atoms with E-state index in [0.29, 0.717) is 0 Å². The molecule has 5 rings (SSSR count). The highest BCUT2D eigenvalue weighted by Gasteiger charge is 2.24. The van der Waals surface area contributed by atoms with Gasteiger partial charge in [-0.05, 0) is 42.5 Å². The molecule has 4 heteroatoms. The fraction of sp³-hybridized carbons (Fsp3) is 0.273. The van der Waals surface area contributed by atoms with Crippen LogP contribution in [0.1, 0.15) is 22.4 Å². The Labute approximate surface area is 154 Å². The van der Waals surface area contributed by atoms with E-state index >= 15 is 0 Å². The lowest BCUT2D eigenvalue weighted by atomic mass is 10.00. The van der Waals surface area contributed by atoms with Crippen LogP contribution in [-0.2, 0) is 19.4 Å². The van der Waals surface area contributed by atoms with E-state index in [-0.39, 0.29) is 0 Å². The van der Waals surface area contributed by atoms with Gasteiger partial charge in [-0.3, -0.25) is 0 Å². The molecule has 0 amide bonds.